The molecule has 0 aromatic rings. The first kappa shape index (κ1) is 12.4. The fourth-order valence-corrected chi connectivity index (χ4v) is 2.38. The van der Waals surface area contributed by atoms with Crippen LogP contribution in [0.4, 0.5) is 0 Å². The third-order valence-electron chi connectivity index (χ3n) is 3.03. The minimum atomic E-state index is -0.339. The predicted molar refractivity (Wildman–Crippen MR) is 44.3 cm³/mol. The van der Waals surface area contributed by atoms with Crippen molar-refractivity contribution in [2.24, 2.45) is 5.92 Å². The minimum absolute atomic E-state index is 0.339. The summed E-state index contributed by atoms with van der Waals surface area (Å²) in [6.07, 6.45) is 7.04. The number of aliphatic hydroxyl groups excluding tert-OH is 1. The normalized spacial score (nSPS) is 38.2. The molecule has 1 saturated carbocycles. The second-order valence-electron chi connectivity index (χ2n) is 3.82. The number of nitrogens with zero attached hydrogens (tertiary/aromatic N) is 1. The van der Waals surface area contributed by atoms with Crippen LogP contribution in [0, 0.1) is 5.92 Å². The molecular weight excluding hydrogens is 506 g/mol. The summed E-state index contributed by atoms with van der Waals surface area (Å²) in [5, 5.41) is 13.6. The third kappa shape index (κ3) is 3.74. The first-order valence-electron chi connectivity index (χ1n) is 4.91. The topological polar surface area (TPSA) is 34.3 Å². The number of piperidine rings is 1. The van der Waals surface area contributed by atoms with E-state index in [1.165, 1.54) is 32.1 Å². The van der Waals surface area contributed by atoms with Crippen LogP contribution in [0.15, 0.2) is 0 Å². The second-order valence-corrected chi connectivity index (χ2v) is 3.82. The summed E-state index contributed by atoms with van der Waals surface area (Å²) in [6.45, 7) is 0. The van der Waals surface area contributed by atoms with Gasteiger partial charge in [0.05, 0.1) is 0 Å². The molecule has 3 atom stereocenters. The van der Waals surface area contributed by atoms with E-state index in [2.05, 4.69) is 5.32 Å². The fourth-order valence-electron chi connectivity index (χ4n) is 2.38. The first-order valence-corrected chi connectivity index (χ1v) is 15.9. The maximum absolute atomic E-state index is 9.28. The molecule has 0 radical (unpaired) electrons. The molecule has 1 heterocycles. The Balaban J connectivity index is 0.000000396. The van der Waals surface area contributed by atoms with E-state index in [0.29, 0.717) is 6.04 Å². The van der Waals surface area contributed by atoms with Gasteiger partial charge in [-0.15, -0.1) is 6.04 Å². The molecule has 1 N–H and O–H groups in total. The summed E-state index contributed by atoms with van der Waals surface area (Å²) in [5.41, 5.74) is 0. The van der Waals surface area contributed by atoms with Gasteiger partial charge < -0.3 is 10.4 Å². The van der Waals surface area contributed by atoms with Gasteiger partial charge in [-0.3, -0.25) is 0 Å². The molecule has 2 aliphatic rings. The zero-order valence-corrected chi connectivity index (χ0v) is 13.6. The Labute approximate surface area is 98.5 Å². The van der Waals surface area contributed by atoms with Crippen molar-refractivity contribution in [1.82, 2.24) is 0 Å². The number of hydrogen-bond donors (Lipinski definition) is 1. The van der Waals surface area contributed by atoms with Gasteiger partial charge in [-0.2, -0.15) is 0 Å². The Morgan fingerprint density at radius 3 is 2.54 bits per heavy atom. The van der Waals surface area contributed by atoms with Crippen LogP contribution in [0.5, 0.6) is 0 Å². The molecule has 0 aromatic heterocycles. The Bertz CT molecular complexity index is 174. The molecule has 0 aromatic carbocycles. The molecule has 1 saturated heterocycles. The van der Waals surface area contributed by atoms with Crippen molar-refractivity contribution in [1.29, 1.82) is 0 Å². The van der Waals surface area contributed by atoms with E-state index < -0.39 is 0 Å². The molecule has 2 rings (SSSR count). The molecule has 13 heavy (non-hydrogen) atoms. The molecule has 0 bridgehead atoms. The van der Waals surface area contributed by atoms with Gasteiger partial charge in [0.1, 0.15) is 0 Å². The zero-order chi connectivity index (χ0) is 9.68. The van der Waals surface area contributed by atoms with Gasteiger partial charge in [0.25, 0.3) is 0 Å². The Kier molecular flexibility index (Phi) is 6.39. The van der Waals surface area contributed by atoms with Crippen LogP contribution in [0.2, 0.25) is 0 Å². The van der Waals surface area contributed by atoms with Crippen LogP contribution in [-0.4, -0.2) is 17.4 Å². The van der Waals surface area contributed by atoms with E-state index in [0.717, 1.165) is 12.3 Å². The average Bonchev–Trinajstić information content (AvgIpc) is 2.21. The summed E-state index contributed by atoms with van der Waals surface area (Å²) in [5.74, 6) is 0.812. The molecule has 1 aliphatic heterocycles. The second kappa shape index (κ2) is 6.72. The monoisotopic (exact) mass is 522 g/mol. The quantitative estimate of drug-likeness (QED) is 0.520. The van der Waals surface area contributed by atoms with Gasteiger partial charge in [-0.1, -0.05) is 38.0 Å². The van der Waals surface area contributed by atoms with Crippen molar-refractivity contribution in [3.05, 3.63) is 5.32 Å². The van der Waals surface area contributed by atoms with Crippen LogP contribution >= 0.6 is 0 Å². The number of fused-ring (bicyclic) bond motifs is 1. The summed E-state index contributed by atoms with van der Waals surface area (Å²) >= 11 is 3.33. The Hall–Kier alpha value is 1.30. The molecule has 0 spiro atoms. The van der Waals surface area contributed by atoms with Gasteiger partial charge in [0.2, 0.25) is 0 Å². The van der Waals surface area contributed by atoms with Gasteiger partial charge in [-0.25, -0.2) is 0 Å². The summed E-state index contributed by atoms with van der Waals surface area (Å²) < 4.78 is 0. The van der Waals surface area contributed by atoms with Gasteiger partial charge >= 0.3 is 31.9 Å². The maximum atomic E-state index is 9.28. The van der Waals surface area contributed by atoms with Crippen molar-refractivity contribution in [3.8, 4) is 0 Å². The SMILES string of the molecule is OC1CCC2CCCCC2[N-]1.[W]#[W+]. The van der Waals surface area contributed by atoms with E-state index in [9.17, 15) is 5.11 Å². The van der Waals surface area contributed by atoms with Crippen LogP contribution in [-0.2, 0) is 31.9 Å². The molecule has 2 nitrogen and oxygen atoms in total. The zero-order valence-electron chi connectivity index (χ0n) is 7.69. The third-order valence-corrected chi connectivity index (χ3v) is 3.03. The molecular formula is C9H16NOW2. The van der Waals surface area contributed by atoms with E-state index in [4.69, 9.17) is 0 Å². The van der Waals surface area contributed by atoms with Gasteiger partial charge in [-0.05, 0) is 12.6 Å². The fraction of sp³-hybridized carbons (Fsp3) is 1.00. The Morgan fingerprint density at radius 2 is 1.77 bits per heavy atom. The molecule has 0 amide bonds. The summed E-state index contributed by atoms with van der Waals surface area (Å²) in [7, 11) is 0. The average molecular weight is 522 g/mol. The standard InChI is InChI=1S/C9H16NO.2W/c11-9-6-5-7-3-1-2-4-8(7)10-9;;/h7-9,11H,1-6H2;;/q-1;;+1. The van der Waals surface area contributed by atoms with Crippen molar-refractivity contribution in [2.45, 2.75) is 50.8 Å². The van der Waals surface area contributed by atoms with E-state index in [1.54, 1.807) is 31.9 Å². The predicted octanol–water partition coefficient (Wildman–Crippen LogP) is 2.03. The summed E-state index contributed by atoms with van der Waals surface area (Å²) in [6, 6.07) is 0.507. The molecule has 3 unspecified atom stereocenters. The van der Waals surface area contributed by atoms with Crippen LogP contribution in [0.1, 0.15) is 38.5 Å². The number of aliphatic hydroxyl groups is 1. The number of hydrogen-bond acceptors (Lipinski definition) is 1. The Morgan fingerprint density at radius 1 is 1.08 bits per heavy atom. The van der Waals surface area contributed by atoms with E-state index in [-0.39, 0.29) is 6.23 Å². The molecule has 1 aliphatic carbocycles. The number of rotatable bonds is 0. The van der Waals surface area contributed by atoms with Crippen molar-refractivity contribution < 1.29 is 37.0 Å². The van der Waals surface area contributed by atoms with Crippen LogP contribution < -0.4 is 0 Å². The van der Waals surface area contributed by atoms with Gasteiger partial charge in [0, 0.05) is 0 Å². The van der Waals surface area contributed by atoms with Crippen LogP contribution in [0.3, 0.4) is 0 Å². The van der Waals surface area contributed by atoms with Crippen LogP contribution in [0.25, 0.3) is 5.32 Å². The van der Waals surface area contributed by atoms with Crippen molar-refractivity contribution in [3.63, 3.8) is 0 Å². The van der Waals surface area contributed by atoms with Gasteiger partial charge in [0.15, 0.2) is 0 Å². The van der Waals surface area contributed by atoms with Crippen molar-refractivity contribution >= 4 is 0 Å². The first-order chi connectivity index (χ1) is 6.36. The molecule has 4 heteroatoms. The van der Waals surface area contributed by atoms with E-state index in [1.807, 2.05) is 0 Å². The molecule has 2 fully saturated rings. The summed E-state index contributed by atoms with van der Waals surface area (Å²) in [4.78, 5) is 0. The van der Waals surface area contributed by atoms with E-state index >= 15 is 0 Å². The van der Waals surface area contributed by atoms with Crippen molar-refractivity contribution in [2.75, 3.05) is 0 Å². The molecule has 75 valence electrons.